The second-order valence-electron chi connectivity index (χ2n) is 7.29. The van der Waals surface area contributed by atoms with E-state index in [0.717, 1.165) is 28.2 Å². The molecule has 4 rings (SSSR count). The van der Waals surface area contributed by atoms with E-state index in [9.17, 15) is 9.59 Å². The summed E-state index contributed by atoms with van der Waals surface area (Å²) in [5.41, 5.74) is 5.54. The molecule has 2 heterocycles. The third-order valence-corrected chi connectivity index (χ3v) is 5.46. The van der Waals surface area contributed by atoms with Gasteiger partial charge in [0.2, 0.25) is 0 Å². The van der Waals surface area contributed by atoms with Gasteiger partial charge in [-0.25, -0.2) is 0 Å². The van der Waals surface area contributed by atoms with Crippen molar-refractivity contribution in [3.05, 3.63) is 88.8 Å². The molecule has 0 spiro atoms. The molecule has 3 aromatic rings. The van der Waals surface area contributed by atoms with Crippen LogP contribution >= 0.6 is 12.2 Å². The Balaban J connectivity index is 1.76. The van der Waals surface area contributed by atoms with E-state index < -0.39 is 11.8 Å². The van der Waals surface area contributed by atoms with E-state index in [1.165, 1.54) is 4.90 Å². The fraction of sp³-hybridized carbons (Fsp3) is 0.125. The molecule has 1 fully saturated rings. The van der Waals surface area contributed by atoms with Crippen LogP contribution in [0.4, 0.5) is 5.69 Å². The lowest BCUT2D eigenvalue weighted by Gasteiger charge is -2.29. The number of nitrogens with zero attached hydrogens (tertiary/aromatic N) is 2. The predicted molar refractivity (Wildman–Crippen MR) is 123 cm³/mol. The molecule has 1 N–H and O–H groups in total. The smallest absolute Gasteiger partial charge is 0.270 e. The van der Waals surface area contributed by atoms with Crippen molar-refractivity contribution in [2.24, 2.45) is 0 Å². The Hall–Kier alpha value is -3.51. The SMILES string of the molecule is Cc1ccc(N2C(=O)/C(=C\c3cc(C)n(-c4ccccc4)c3C)C(=O)NC2=S)cc1. The topological polar surface area (TPSA) is 54.3 Å². The normalized spacial score (nSPS) is 15.6. The predicted octanol–water partition coefficient (Wildman–Crippen LogP) is 4.23. The molecule has 30 heavy (non-hydrogen) atoms. The molecular weight excluding hydrogens is 394 g/mol. The van der Waals surface area contributed by atoms with Gasteiger partial charge in [0.25, 0.3) is 11.8 Å². The van der Waals surface area contributed by atoms with Crippen molar-refractivity contribution < 1.29 is 9.59 Å². The Morgan fingerprint density at radius 2 is 1.57 bits per heavy atom. The molecule has 0 bridgehead atoms. The van der Waals surface area contributed by atoms with Crippen LogP contribution in [0.2, 0.25) is 0 Å². The van der Waals surface area contributed by atoms with Crippen molar-refractivity contribution in [3.8, 4) is 5.69 Å². The lowest BCUT2D eigenvalue weighted by Crippen LogP contribution is -2.54. The lowest BCUT2D eigenvalue weighted by molar-refractivity contribution is -0.122. The van der Waals surface area contributed by atoms with Gasteiger partial charge in [0, 0.05) is 17.1 Å². The van der Waals surface area contributed by atoms with Gasteiger partial charge in [0.05, 0.1) is 5.69 Å². The summed E-state index contributed by atoms with van der Waals surface area (Å²) in [7, 11) is 0. The summed E-state index contributed by atoms with van der Waals surface area (Å²) in [4.78, 5) is 27.2. The standard InChI is InChI=1S/C24H21N3O2S/c1-15-9-11-20(12-10-15)27-23(29)21(22(28)25-24(27)30)14-18-13-16(2)26(17(18)3)19-7-5-4-6-8-19/h4-14H,1-3H3,(H,25,28,30)/b21-14-. The number of carbonyl (C=O) groups excluding carboxylic acids is 2. The molecule has 1 aromatic heterocycles. The van der Waals surface area contributed by atoms with Gasteiger partial charge in [-0.3, -0.25) is 19.8 Å². The number of nitrogens with one attached hydrogen (secondary N) is 1. The molecule has 1 saturated heterocycles. The third-order valence-electron chi connectivity index (χ3n) is 5.18. The van der Waals surface area contributed by atoms with Gasteiger partial charge in [0.15, 0.2) is 5.11 Å². The van der Waals surface area contributed by atoms with Crippen molar-refractivity contribution in [1.29, 1.82) is 0 Å². The van der Waals surface area contributed by atoms with Crippen molar-refractivity contribution in [3.63, 3.8) is 0 Å². The van der Waals surface area contributed by atoms with E-state index in [2.05, 4.69) is 9.88 Å². The van der Waals surface area contributed by atoms with Crippen LogP contribution in [0.15, 0.2) is 66.2 Å². The fourth-order valence-electron chi connectivity index (χ4n) is 3.65. The lowest BCUT2D eigenvalue weighted by atomic mass is 10.1. The van der Waals surface area contributed by atoms with Crippen LogP contribution < -0.4 is 10.2 Å². The summed E-state index contributed by atoms with van der Waals surface area (Å²) in [5.74, 6) is -0.921. The van der Waals surface area contributed by atoms with Crippen LogP contribution in [0, 0.1) is 20.8 Å². The molecule has 0 atom stereocenters. The van der Waals surface area contributed by atoms with Crippen molar-refractivity contribution >= 4 is 40.9 Å². The van der Waals surface area contributed by atoms with Gasteiger partial charge >= 0.3 is 0 Å². The molecule has 0 unspecified atom stereocenters. The quantitative estimate of drug-likeness (QED) is 0.396. The summed E-state index contributed by atoms with van der Waals surface area (Å²) < 4.78 is 2.10. The zero-order chi connectivity index (χ0) is 21.4. The van der Waals surface area contributed by atoms with E-state index in [1.807, 2.05) is 81.4 Å². The van der Waals surface area contributed by atoms with Gasteiger partial charge < -0.3 is 4.57 Å². The minimum absolute atomic E-state index is 0.0532. The Morgan fingerprint density at radius 3 is 2.23 bits per heavy atom. The van der Waals surface area contributed by atoms with Crippen LogP contribution in [-0.4, -0.2) is 21.5 Å². The number of rotatable bonds is 3. The monoisotopic (exact) mass is 415 g/mol. The number of aromatic nitrogens is 1. The van der Waals surface area contributed by atoms with Crippen LogP contribution in [0.25, 0.3) is 11.8 Å². The van der Waals surface area contributed by atoms with E-state index in [-0.39, 0.29) is 10.7 Å². The first kappa shape index (κ1) is 19.8. The van der Waals surface area contributed by atoms with Gasteiger partial charge in [-0.1, -0.05) is 35.9 Å². The first-order chi connectivity index (χ1) is 14.4. The molecule has 0 saturated carbocycles. The Labute approximate surface area is 180 Å². The second kappa shape index (κ2) is 7.72. The Morgan fingerprint density at radius 1 is 0.900 bits per heavy atom. The molecule has 6 heteroatoms. The number of amides is 2. The molecule has 1 aliphatic rings. The zero-order valence-corrected chi connectivity index (χ0v) is 17.8. The molecule has 2 aromatic carbocycles. The number of aryl methyl sites for hydroxylation is 2. The van der Waals surface area contributed by atoms with E-state index in [1.54, 1.807) is 6.08 Å². The number of hydrogen-bond donors (Lipinski definition) is 1. The molecule has 1 aliphatic heterocycles. The number of anilines is 1. The van der Waals surface area contributed by atoms with Gasteiger partial charge in [-0.05, 0) is 75.0 Å². The maximum Gasteiger partial charge on any atom is 0.270 e. The second-order valence-corrected chi connectivity index (χ2v) is 7.68. The van der Waals surface area contributed by atoms with Crippen LogP contribution in [0.3, 0.4) is 0 Å². The largest absolute Gasteiger partial charge is 0.318 e. The number of hydrogen-bond acceptors (Lipinski definition) is 3. The third kappa shape index (κ3) is 3.46. The Bertz CT molecular complexity index is 1190. The van der Waals surface area contributed by atoms with E-state index >= 15 is 0 Å². The first-order valence-electron chi connectivity index (χ1n) is 9.59. The van der Waals surface area contributed by atoms with Crippen molar-refractivity contribution in [2.75, 3.05) is 4.90 Å². The zero-order valence-electron chi connectivity index (χ0n) is 17.0. The van der Waals surface area contributed by atoms with Crippen LogP contribution in [0.1, 0.15) is 22.5 Å². The molecule has 0 aliphatic carbocycles. The number of benzene rings is 2. The van der Waals surface area contributed by atoms with Crippen molar-refractivity contribution in [2.45, 2.75) is 20.8 Å². The first-order valence-corrected chi connectivity index (χ1v) is 10.00. The Kier molecular flexibility index (Phi) is 5.10. The number of para-hydroxylation sites is 1. The average molecular weight is 416 g/mol. The summed E-state index contributed by atoms with van der Waals surface area (Å²) >= 11 is 5.27. The highest BCUT2D eigenvalue weighted by Gasteiger charge is 2.34. The molecule has 150 valence electrons. The van der Waals surface area contributed by atoms with Crippen molar-refractivity contribution in [1.82, 2.24) is 9.88 Å². The van der Waals surface area contributed by atoms with Gasteiger partial charge in [-0.15, -0.1) is 0 Å². The minimum Gasteiger partial charge on any atom is -0.318 e. The highest BCUT2D eigenvalue weighted by molar-refractivity contribution is 7.80. The van der Waals surface area contributed by atoms with Crippen LogP contribution in [0.5, 0.6) is 0 Å². The summed E-state index contributed by atoms with van der Waals surface area (Å²) in [6.45, 7) is 5.94. The molecular formula is C24H21N3O2S. The molecule has 0 radical (unpaired) electrons. The van der Waals surface area contributed by atoms with Gasteiger partial charge in [-0.2, -0.15) is 0 Å². The maximum atomic E-state index is 13.2. The number of carbonyl (C=O) groups is 2. The van der Waals surface area contributed by atoms with E-state index in [4.69, 9.17) is 12.2 Å². The average Bonchev–Trinajstić information content (AvgIpc) is 3.00. The fourth-order valence-corrected chi connectivity index (χ4v) is 3.93. The minimum atomic E-state index is -0.488. The summed E-state index contributed by atoms with van der Waals surface area (Å²) in [5, 5.41) is 2.72. The summed E-state index contributed by atoms with van der Waals surface area (Å²) in [6, 6.07) is 19.4. The highest BCUT2D eigenvalue weighted by Crippen LogP contribution is 2.26. The summed E-state index contributed by atoms with van der Waals surface area (Å²) in [6.07, 6.45) is 1.64. The molecule has 2 amide bonds. The number of thiocarbonyl (C=S) groups is 1. The maximum absolute atomic E-state index is 13.2. The highest BCUT2D eigenvalue weighted by atomic mass is 32.1. The van der Waals surface area contributed by atoms with Gasteiger partial charge in [0.1, 0.15) is 5.57 Å². The van der Waals surface area contributed by atoms with E-state index in [0.29, 0.717) is 5.69 Å². The molecule has 5 nitrogen and oxygen atoms in total. The van der Waals surface area contributed by atoms with Crippen LogP contribution in [-0.2, 0) is 9.59 Å².